The molecule has 0 spiro atoms. The summed E-state index contributed by atoms with van der Waals surface area (Å²) in [5, 5.41) is 13.5. The van der Waals surface area contributed by atoms with E-state index in [2.05, 4.69) is 5.32 Å². The number of aromatic hydroxyl groups is 1. The first-order valence-corrected chi connectivity index (χ1v) is 8.52. The molecule has 1 amide bonds. The van der Waals surface area contributed by atoms with E-state index in [0.29, 0.717) is 11.1 Å². The van der Waals surface area contributed by atoms with E-state index in [-0.39, 0.29) is 16.1 Å². The molecule has 1 unspecified atom stereocenters. The summed E-state index contributed by atoms with van der Waals surface area (Å²) in [5.74, 6) is -3.43. The number of alkyl halides is 1. The van der Waals surface area contributed by atoms with Crippen molar-refractivity contribution in [3.05, 3.63) is 70.9 Å². The first-order valence-electron chi connectivity index (χ1n) is 7.64. The van der Waals surface area contributed by atoms with Crippen LogP contribution in [0.4, 0.5) is 13.8 Å². The number of benzene rings is 2. The normalized spacial score (nSPS) is 19.2. The lowest BCUT2D eigenvalue weighted by Crippen LogP contribution is -2.47. The van der Waals surface area contributed by atoms with Crippen molar-refractivity contribution < 1.29 is 23.5 Å². The van der Waals surface area contributed by atoms with Crippen molar-refractivity contribution in [3.8, 4) is 16.9 Å². The lowest BCUT2D eigenvalue weighted by Gasteiger charge is -2.28. The van der Waals surface area contributed by atoms with Gasteiger partial charge in [-0.05, 0) is 17.7 Å². The number of amides is 1. The molecule has 1 aromatic heterocycles. The number of carbonyl (C=O) groups excluding carboxylic acids is 2. The van der Waals surface area contributed by atoms with E-state index < -0.39 is 28.9 Å². The largest absolute Gasteiger partial charge is 0.505 e. The van der Waals surface area contributed by atoms with Gasteiger partial charge in [0, 0.05) is 16.5 Å². The molecule has 4 nitrogen and oxygen atoms in total. The fraction of sp³-hybridized carbons (Fsp3) is 0.0526. The Bertz CT molecular complexity index is 1050. The molecule has 2 aromatic carbocycles. The zero-order valence-corrected chi connectivity index (χ0v) is 13.9. The number of phenols is 1. The quantitative estimate of drug-likeness (QED) is 0.662. The van der Waals surface area contributed by atoms with Crippen molar-refractivity contribution in [1.82, 2.24) is 0 Å². The van der Waals surface area contributed by atoms with Crippen LogP contribution in [0.2, 0.25) is 0 Å². The van der Waals surface area contributed by atoms with Crippen LogP contribution in [0.25, 0.3) is 11.1 Å². The predicted molar refractivity (Wildman–Crippen MR) is 93.6 cm³/mol. The maximum absolute atomic E-state index is 15.6. The third kappa shape index (κ3) is 2.24. The van der Waals surface area contributed by atoms with Crippen molar-refractivity contribution in [2.24, 2.45) is 0 Å². The second-order valence-corrected chi connectivity index (χ2v) is 6.71. The minimum Gasteiger partial charge on any atom is -0.505 e. The SMILES string of the molecule is O=C1Nc2scc(-c3ccc(O)c(F)c3)c2C(=O)C1(F)c1ccccc1. The Labute approximate surface area is 150 Å². The number of fused-ring (bicyclic) bond motifs is 1. The van der Waals surface area contributed by atoms with Crippen LogP contribution >= 0.6 is 11.3 Å². The lowest BCUT2D eigenvalue weighted by molar-refractivity contribution is -0.125. The summed E-state index contributed by atoms with van der Waals surface area (Å²) in [5.41, 5.74) is -2.34. The number of ketones is 1. The van der Waals surface area contributed by atoms with E-state index in [1.807, 2.05) is 0 Å². The second-order valence-electron chi connectivity index (χ2n) is 5.83. The van der Waals surface area contributed by atoms with Crippen LogP contribution in [0.15, 0.2) is 53.9 Å². The summed E-state index contributed by atoms with van der Waals surface area (Å²) in [7, 11) is 0. The molecule has 0 aliphatic carbocycles. The van der Waals surface area contributed by atoms with E-state index in [1.54, 1.807) is 11.4 Å². The number of Topliss-reactive ketones (excluding diaryl/α,β-unsaturated/α-hetero) is 1. The average molecular weight is 371 g/mol. The van der Waals surface area contributed by atoms with Crippen LogP contribution in [-0.4, -0.2) is 16.8 Å². The molecule has 4 rings (SSSR count). The Morgan fingerprint density at radius 2 is 1.81 bits per heavy atom. The number of nitrogens with one attached hydrogen (secondary N) is 1. The summed E-state index contributed by atoms with van der Waals surface area (Å²) in [6.45, 7) is 0. The second kappa shape index (κ2) is 5.74. The van der Waals surface area contributed by atoms with Gasteiger partial charge in [0.1, 0.15) is 5.00 Å². The Morgan fingerprint density at radius 3 is 2.50 bits per heavy atom. The topological polar surface area (TPSA) is 66.4 Å². The third-order valence-corrected chi connectivity index (χ3v) is 5.20. The zero-order chi connectivity index (χ0) is 18.5. The molecule has 2 heterocycles. The fourth-order valence-corrected chi connectivity index (χ4v) is 3.92. The minimum atomic E-state index is -2.86. The first kappa shape index (κ1) is 16.4. The van der Waals surface area contributed by atoms with Gasteiger partial charge in [0.2, 0.25) is 5.78 Å². The molecule has 1 aliphatic heterocycles. The molecule has 0 saturated heterocycles. The van der Waals surface area contributed by atoms with Crippen molar-refractivity contribution in [3.63, 3.8) is 0 Å². The Kier molecular flexibility index (Phi) is 3.62. The van der Waals surface area contributed by atoms with E-state index in [0.717, 1.165) is 23.5 Å². The molecule has 26 heavy (non-hydrogen) atoms. The molecule has 7 heteroatoms. The van der Waals surface area contributed by atoms with Crippen LogP contribution in [0.3, 0.4) is 0 Å². The number of halogens is 2. The predicted octanol–water partition coefficient (Wildman–Crippen LogP) is 4.26. The monoisotopic (exact) mass is 371 g/mol. The summed E-state index contributed by atoms with van der Waals surface area (Å²) in [6.07, 6.45) is 0. The number of rotatable bonds is 2. The summed E-state index contributed by atoms with van der Waals surface area (Å²) in [6, 6.07) is 11.1. The highest BCUT2D eigenvalue weighted by atomic mass is 32.1. The van der Waals surface area contributed by atoms with Gasteiger partial charge in [-0.25, -0.2) is 8.78 Å². The molecular weight excluding hydrogens is 360 g/mol. The molecule has 1 aliphatic rings. The van der Waals surface area contributed by atoms with Gasteiger partial charge < -0.3 is 10.4 Å². The molecule has 130 valence electrons. The number of phenolic OH excluding ortho intramolecular Hbond substituents is 1. The highest BCUT2D eigenvalue weighted by Crippen LogP contribution is 2.45. The number of thiophene rings is 1. The van der Waals surface area contributed by atoms with E-state index in [9.17, 15) is 19.1 Å². The maximum atomic E-state index is 15.6. The molecular formula is C19H11F2NO3S. The van der Waals surface area contributed by atoms with Gasteiger partial charge in [0.15, 0.2) is 11.6 Å². The number of hydrogen-bond donors (Lipinski definition) is 2. The van der Waals surface area contributed by atoms with Gasteiger partial charge in [-0.1, -0.05) is 36.4 Å². The summed E-state index contributed by atoms with van der Waals surface area (Å²) in [4.78, 5) is 25.3. The van der Waals surface area contributed by atoms with Crippen molar-refractivity contribution in [2.75, 3.05) is 5.32 Å². The Morgan fingerprint density at radius 1 is 1.08 bits per heavy atom. The number of hydrogen-bond acceptors (Lipinski definition) is 4. The first-order chi connectivity index (χ1) is 12.4. The van der Waals surface area contributed by atoms with Gasteiger partial charge in [0.25, 0.3) is 11.6 Å². The van der Waals surface area contributed by atoms with Gasteiger partial charge >= 0.3 is 0 Å². The molecule has 0 bridgehead atoms. The number of carbonyl (C=O) groups is 2. The third-order valence-electron chi connectivity index (χ3n) is 4.30. The molecule has 0 radical (unpaired) electrons. The minimum absolute atomic E-state index is 0.00829. The van der Waals surface area contributed by atoms with Crippen LogP contribution < -0.4 is 5.32 Å². The highest BCUT2D eigenvalue weighted by Gasteiger charge is 2.53. The van der Waals surface area contributed by atoms with E-state index in [1.165, 1.54) is 30.3 Å². The molecule has 3 aromatic rings. The van der Waals surface area contributed by atoms with E-state index in [4.69, 9.17) is 0 Å². The van der Waals surface area contributed by atoms with Crippen LogP contribution in [0, 0.1) is 5.82 Å². The smallest absolute Gasteiger partial charge is 0.275 e. The molecule has 1 atom stereocenters. The van der Waals surface area contributed by atoms with Gasteiger partial charge in [-0.2, -0.15) is 0 Å². The van der Waals surface area contributed by atoms with Gasteiger partial charge in [-0.3, -0.25) is 9.59 Å². The maximum Gasteiger partial charge on any atom is 0.275 e. The molecule has 0 fully saturated rings. The summed E-state index contributed by atoms with van der Waals surface area (Å²) < 4.78 is 29.3. The van der Waals surface area contributed by atoms with E-state index >= 15 is 4.39 Å². The van der Waals surface area contributed by atoms with Crippen molar-refractivity contribution in [1.29, 1.82) is 0 Å². The fourth-order valence-electron chi connectivity index (χ4n) is 2.96. The Hall–Kier alpha value is -3.06. The van der Waals surface area contributed by atoms with Crippen LogP contribution in [0.5, 0.6) is 5.75 Å². The van der Waals surface area contributed by atoms with Gasteiger partial charge in [0.05, 0.1) is 5.56 Å². The van der Waals surface area contributed by atoms with Crippen molar-refractivity contribution >= 4 is 28.0 Å². The zero-order valence-electron chi connectivity index (χ0n) is 13.1. The molecule has 2 N–H and O–H groups in total. The number of anilines is 1. The Balaban J connectivity index is 1.89. The van der Waals surface area contributed by atoms with Gasteiger partial charge in [-0.15, -0.1) is 11.3 Å². The molecule has 0 saturated carbocycles. The average Bonchev–Trinajstić information content (AvgIpc) is 3.06. The van der Waals surface area contributed by atoms with Crippen molar-refractivity contribution in [2.45, 2.75) is 5.67 Å². The van der Waals surface area contributed by atoms with Crippen LogP contribution in [0.1, 0.15) is 15.9 Å². The highest BCUT2D eigenvalue weighted by molar-refractivity contribution is 7.15. The lowest BCUT2D eigenvalue weighted by atomic mass is 9.83. The summed E-state index contributed by atoms with van der Waals surface area (Å²) >= 11 is 1.06. The standard InChI is InChI=1S/C19H11F2NO3S/c20-13-8-10(6-7-14(13)23)12-9-26-17-15(12)16(24)19(21,18(25)22-17)11-4-2-1-3-5-11/h1-9,23H,(H,22,25). The van der Waals surface area contributed by atoms with Crippen LogP contribution in [-0.2, 0) is 10.5 Å².